The van der Waals surface area contributed by atoms with E-state index >= 15 is 0 Å². The first-order valence-corrected chi connectivity index (χ1v) is 7.58. The molecule has 7 heteroatoms. The van der Waals surface area contributed by atoms with E-state index < -0.39 is 12.7 Å². The zero-order chi connectivity index (χ0) is 15.3. The van der Waals surface area contributed by atoms with Crippen LogP contribution in [0.1, 0.15) is 45.0 Å². The molecule has 1 N–H and O–H groups in total. The summed E-state index contributed by atoms with van der Waals surface area (Å²) in [5.41, 5.74) is 0. The van der Waals surface area contributed by atoms with Gasteiger partial charge in [-0.2, -0.15) is 13.2 Å². The van der Waals surface area contributed by atoms with Gasteiger partial charge >= 0.3 is 6.18 Å². The Balaban J connectivity index is 2.81. The van der Waals surface area contributed by atoms with Crippen LogP contribution in [0.3, 0.4) is 0 Å². The van der Waals surface area contributed by atoms with Crippen LogP contribution in [0.15, 0.2) is 6.20 Å². The Hall–Kier alpha value is -0.820. The topological polar surface area (TPSA) is 28.2 Å². The van der Waals surface area contributed by atoms with Gasteiger partial charge in [0.25, 0.3) is 0 Å². The predicted octanol–water partition coefficient (Wildman–Crippen LogP) is 3.98. The summed E-state index contributed by atoms with van der Waals surface area (Å²) in [6.45, 7) is 7.47. The molecule has 0 aliphatic rings. The molecule has 0 aliphatic carbocycles. The lowest BCUT2D eigenvalue weighted by molar-refractivity contribution is -0.120. The Kier molecular flexibility index (Phi) is 6.26. The molecule has 0 fully saturated rings. The molecule has 1 heterocycles. The molecule has 1 aromatic heterocycles. The highest BCUT2D eigenvalue weighted by Gasteiger charge is 2.33. The lowest BCUT2D eigenvalue weighted by atomic mass is 10.3. The normalized spacial score (nSPS) is 13.8. The van der Waals surface area contributed by atoms with E-state index in [2.05, 4.69) is 17.2 Å². The highest BCUT2D eigenvalue weighted by molar-refractivity contribution is 7.15. The van der Waals surface area contributed by atoms with Crippen molar-refractivity contribution in [2.75, 3.05) is 18.0 Å². The summed E-state index contributed by atoms with van der Waals surface area (Å²) in [5.74, 6) is 0. The number of aromatic nitrogens is 1. The second-order valence-corrected chi connectivity index (χ2v) is 6.10. The highest BCUT2D eigenvalue weighted by atomic mass is 32.1. The fourth-order valence-corrected chi connectivity index (χ4v) is 2.81. The maximum Gasteiger partial charge on any atom is 0.406 e. The SMILES string of the molecule is CCCNC(C)c1cnc(N(CC(F)(F)F)C(C)C)s1. The van der Waals surface area contributed by atoms with E-state index in [1.165, 1.54) is 16.2 Å². The molecule has 20 heavy (non-hydrogen) atoms. The van der Waals surface area contributed by atoms with E-state index in [1.807, 2.05) is 6.92 Å². The van der Waals surface area contributed by atoms with Crippen molar-refractivity contribution in [3.05, 3.63) is 11.1 Å². The van der Waals surface area contributed by atoms with Gasteiger partial charge in [-0.25, -0.2) is 4.98 Å². The fourth-order valence-electron chi connectivity index (χ4n) is 1.74. The van der Waals surface area contributed by atoms with Gasteiger partial charge in [-0.15, -0.1) is 11.3 Å². The Morgan fingerprint density at radius 1 is 1.35 bits per heavy atom. The molecular weight excluding hydrogens is 287 g/mol. The Labute approximate surface area is 122 Å². The first-order chi connectivity index (χ1) is 9.24. The van der Waals surface area contributed by atoms with Crippen molar-refractivity contribution in [3.8, 4) is 0 Å². The largest absolute Gasteiger partial charge is 0.406 e. The minimum atomic E-state index is -4.22. The maximum atomic E-state index is 12.6. The summed E-state index contributed by atoms with van der Waals surface area (Å²) in [6, 6.07) is -0.129. The second-order valence-electron chi connectivity index (χ2n) is 5.06. The first-order valence-electron chi connectivity index (χ1n) is 6.77. The Bertz CT molecular complexity index is 404. The predicted molar refractivity (Wildman–Crippen MR) is 77.4 cm³/mol. The minimum Gasteiger partial charge on any atom is -0.337 e. The van der Waals surface area contributed by atoms with Gasteiger partial charge in [0, 0.05) is 23.2 Å². The number of nitrogens with zero attached hydrogens (tertiary/aromatic N) is 2. The fraction of sp³-hybridized carbons (Fsp3) is 0.769. The van der Waals surface area contributed by atoms with Crippen LogP contribution in [0.4, 0.5) is 18.3 Å². The van der Waals surface area contributed by atoms with Crippen LogP contribution in [0, 0.1) is 0 Å². The van der Waals surface area contributed by atoms with Gasteiger partial charge in [0.1, 0.15) is 6.54 Å². The zero-order valence-corrected chi connectivity index (χ0v) is 13.1. The van der Waals surface area contributed by atoms with Gasteiger partial charge in [0.2, 0.25) is 0 Å². The number of alkyl halides is 3. The molecule has 0 bridgehead atoms. The molecule has 0 spiro atoms. The van der Waals surface area contributed by atoms with Crippen LogP contribution in [0.2, 0.25) is 0 Å². The first kappa shape index (κ1) is 17.2. The summed E-state index contributed by atoms with van der Waals surface area (Å²) in [4.78, 5) is 6.41. The molecule has 0 radical (unpaired) electrons. The molecule has 0 aliphatic heterocycles. The summed E-state index contributed by atoms with van der Waals surface area (Å²) in [5, 5.41) is 3.74. The highest BCUT2D eigenvalue weighted by Crippen LogP contribution is 2.30. The number of rotatable bonds is 7. The van der Waals surface area contributed by atoms with Gasteiger partial charge in [-0.1, -0.05) is 6.92 Å². The molecule has 3 nitrogen and oxygen atoms in total. The molecular formula is C13H22F3N3S. The monoisotopic (exact) mass is 309 g/mol. The lowest BCUT2D eigenvalue weighted by Gasteiger charge is -2.27. The molecule has 1 rings (SSSR count). The minimum absolute atomic E-state index is 0.112. The summed E-state index contributed by atoms with van der Waals surface area (Å²) >= 11 is 1.32. The van der Waals surface area contributed by atoms with E-state index in [4.69, 9.17) is 0 Å². The second kappa shape index (κ2) is 7.26. The lowest BCUT2D eigenvalue weighted by Crippen LogP contribution is -2.39. The third-order valence-corrected chi connectivity index (χ3v) is 4.07. The van der Waals surface area contributed by atoms with Crippen LogP contribution in [0.5, 0.6) is 0 Å². The van der Waals surface area contributed by atoms with E-state index in [-0.39, 0.29) is 12.1 Å². The van der Waals surface area contributed by atoms with Gasteiger partial charge in [0.15, 0.2) is 5.13 Å². The van der Waals surface area contributed by atoms with Gasteiger partial charge in [-0.3, -0.25) is 0 Å². The quantitative estimate of drug-likeness (QED) is 0.826. The van der Waals surface area contributed by atoms with Crippen molar-refractivity contribution in [3.63, 3.8) is 0 Å². The van der Waals surface area contributed by atoms with Crippen LogP contribution in [0.25, 0.3) is 0 Å². The van der Waals surface area contributed by atoms with Gasteiger partial charge in [-0.05, 0) is 33.7 Å². The summed E-state index contributed by atoms with van der Waals surface area (Å²) in [7, 11) is 0. The number of hydrogen-bond donors (Lipinski definition) is 1. The smallest absolute Gasteiger partial charge is 0.337 e. The average Bonchev–Trinajstić information content (AvgIpc) is 2.81. The van der Waals surface area contributed by atoms with Crippen molar-refractivity contribution in [1.29, 1.82) is 0 Å². The Morgan fingerprint density at radius 2 is 2.00 bits per heavy atom. The Morgan fingerprint density at radius 3 is 2.50 bits per heavy atom. The number of anilines is 1. The summed E-state index contributed by atoms with van der Waals surface area (Å²) in [6.07, 6.45) is -1.54. The van der Waals surface area contributed by atoms with Crippen LogP contribution < -0.4 is 10.2 Å². The van der Waals surface area contributed by atoms with Crippen LogP contribution in [-0.4, -0.2) is 30.3 Å². The van der Waals surface area contributed by atoms with Crippen molar-refractivity contribution < 1.29 is 13.2 Å². The van der Waals surface area contributed by atoms with Crippen LogP contribution in [-0.2, 0) is 0 Å². The van der Waals surface area contributed by atoms with E-state index in [1.54, 1.807) is 20.0 Å². The van der Waals surface area contributed by atoms with Crippen molar-refractivity contribution >= 4 is 16.5 Å². The molecule has 0 amide bonds. The molecule has 1 unspecified atom stereocenters. The van der Waals surface area contributed by atoms with Crippen LogP contribution >= 0.6 is 11.3 Å². The van der Waals surface area contributed by atoms with Crippen molar-refractivity contribution in [1.82, 2.24) is 10.3 Å². The van der Waals surface area contributed by atoms with E-state index in [0.717, 1.165) is 17.8 Å². The number of hydrogen-bond acceptors (Lipinski definition) is 4. The molecule has 1 atom stereocenters. The molecule has 0 aromatic carbocycles. The standard InChI is InChI=1S/C13H22F3N3S/c1-5-6-17-10(4)11-7-18-12(20-11)19(9(2)3)8-13(14,15)16/h7,9-10,17H,5-6,8H2,1-4H3. The van der Waals surface area contributed by atoms with Crippen molar-refractivity contribution in [2.45, 2.75) is 52.4 Å². The average molecular weight is 309 g/mol. The molecule has 0 saturated carbocycles. The molecule has 0 saturated heterocycles. The van der Waals surface area contributed by atoms with Crippen molar-refractivity contribution in [2.24, 2.45) is 0 Å². The number of nitrogens with one attached hydrogen (secondary N) is 1. The number of halogens is 3. The van der Waals surface area contributed by atoms with E-state index in [0.29, 0.717) is 5.13 Å². The molecule has 1 aromatic rings. The zero-order valence-electron chi connectivity index (χ0n) is 12.3. The third kappa shape index (κ3) is 5.28. The number of thiazole rings is 1. The van der Waals surface area contributed by atoms with E-state index in [9.17, 15) is 13.2 Å². The van der Waals surface area contributed by atoms with Gasteiger partial charge < -0.3 is 10.2 Å². The molecule has 116 valence electrons. The maximum absolute atomic E-state index is 12.6. The third-order valence-electron chi connectivity index (χ3n) is 2.86. The summed E-state index contributed by atoms with van der Waals surface area (Å²) < 4.78 is 37.8. The van der Waals surface area contributed by atoms with Gasteiger partial charge in [0.05, 0.1) is 0 Å².